The SMILES string of the molecule is CCC(C)(CC(C)(CC)C(=O)Cl)C(=O)Cl. The Hall–Kier alpha value is -0.0800. The summed E-state index contributed by atoms with van der Waals surface area (Å²) < 4.78 is 0. The van der Waals surface area contributed by atoms with E-state index in [1.165, 1.54) is 0 Å². The molecular weight excluding hydrogens is 235 g/mol. The average molecular weight is 253 g/mol. The van der Waals surface area contributed by atoms with Crippen molar-refractivity contribution in [2.75, 3.05) is 0 Å². The summed E-state index contributed by atoms with van der Waals surface area (Å²) in [5, 5.41) is -0.801. The molecule has 0 N–H and O–H groups in total. The van der Waals surface area contributed by atoms with Gasteiger partial charge in [-0.15, -0.1) is 0 Å². The zero-order valence-corrected chi connectivity index (χ0v) is 11.2. The second kappa shape index (κ2) is 5.31. The third-order valence-corrected chi connectivity index (χ3v) is 4.20. The van der Waals surface area contributed by atoms with Crippen LogP contribution in [-0.2, 0) is 9.59 Å². The van der Waals surface area contributed by atoms with Crippen LogP contribution in [0.1, 0.15) is 47.0 Å². The van der Waals surface area contributed by atoms with Crippen LogP contribution < -0.4 is 0 Å². The first kappa shape index (κ1) is 14.9. The average Bonchev–Trinajstić information content (AvgIpc) is 2.16. The highest BCUT2D eigenvalue weighted by Crippen LogP contribution is 2.41. The van der Waals surface area contributed by atoms with Gasteiger partial charge in [-0.05, 0) is 42.5 Å². The highest BCUT2D eigenvalue weighted by molar-refractivity contribution is 6.65. The van der Waals surface area contributed by atoms with Gasteiger partial charge in [0.05, 0.1) is 0 Å². The van der Waals surface area contributed by atoms with Crippen LogP contribution in [0.2, 0.25) is 0 Å². The molecule has 0 rings (SSSR count). The Morgan fingerprint density at radius 3 is 1.33 bits per heavy atom. The standard InChI is InChI=1S/C11H18Cl2O2/c1-5-10(3,8(12)14)7-11(4,6-2)9(13)15/h5-7H2,1-4H3. The van der Waals surface area contributed by atoms with E-state index >= 15 is 0 Å². The summed E-state index contributed by atoms with van der Waals surface area (Å²) in [6, 6.07) is 0. The van der Waals surface area contributed by atoms with E-state index in [4.69, 9.17) is 23.2 Å². The quantitative estimate of drug-likeness (QED) is 0.676. The lowest BCUT2D eigenvalue weighted by Crippen LogP contribution is -2.34. The van der Waals surface area contributed by atoms with Crippen LogP contribution in [0.4, 0.5) is 0 Å². The van der Waals surface area contributed by atoms with Gasteiger partial charge in [0.25, 0.3) is 0 Å². The van der Waals surface area contributed by atoms with E-state index in [1.54, 1.807) is 13.8 Å². The predicted molar refractivity (Wildman–Crippen MR) is 63.1 cm³/mol. The maximum atomic E-state index is 11.3. The van der Waals surface area contributed by atoms with Crippen LogP contribution in [0.3, 0.4) is 0 Å². The van der Waals surface area contributed by atoms with E-state index in [9.17, 15) is 9.59 Å². The summed E-state index contributed by atoms with van der Waals surface area (Å²) in [5.41, 5.74) is -1.34. The maximum absolute atomic E-state index is 11.3. The van der Waals surface area contributed by atoms with E-state index < -0.39 is 21.3 Å². The van der Waals surface area contributed by atoms with Crippen molar-refractivity contribution in [3.63, 3.8) is 0 Å². The predicted octanol–water partition coefficient (Wildman–Crippen LogP) is 3.74. The topological polar surface area (TPSA) is 34.1 Å². The first-order chi connectivity index (χ1) is 6.72. The van der Waals surface area contributed by atoms with Crippen molar-refractivity contribution in [2.45, 2.75) is 47.0 Å². The molecule has 2 atom stereocenters. The summed E-state index contributed by atoms with van der Waals surface area (Å²) in [5.74, 6) is 0. The minimum absolute atomic E-state index is 0.400. The lowest BCUT2D eigenvalue weighted by Gasteiger charge is -2.33. The molecule has 0 saturated carbocycles. The fourth-order valence-electron chi connectivity index (χ4n) is 1.53. The highest BCUT2D eigenvalue weighted by Gasteiger charge is 2.41. The Bertz CT molecular complexity index is 239. The molecule has 0 amide bonds. The van der Waals surface area contributed by atoms with Crippen molar-refractivity contribution in [3.8, 4) is 0 Å². The van der Waals surface area contributed by atoms with Crippen molar-refractivity contribution in [3.05, 3.63) is 0 Å². The highest BCUT2D eigenvalue weighted by atomic mass is 35.5. The molecule has 2 nitrogen and oxygen atoms in total. The van der Waals surface area contributed by atoms with E-state index in [0.29, 0.717) is 19.3 Å². The van der Waals surface area contributed by atoms with Crippen LogP contribution in [0.15, 0.2) is 0 Å². The number of hydrogen-bond acceptors (Lipinski definition) is 2. The zero-order valence-electron chi connectivity index (χ0n) is 9.69. The Morgan fingerprint density at radius 2 is 1.20 bits per heavy atom. The molecule has 0 spiro atoms. The molecule has 0 aliphatic carbocycles. The number of carbonyl (C=O) groups is 2. The molecule has 15 heavy (non-hydrogen) atoms. The molecule has 0 aliphatic rings. The molecular formula is C11H18Cl2O2. The van der Waals surface area contributed by atoms with Crippen molar-refractivity contribution in [1.82, 2.24) is 0 Å². The van der Waals surface area contributed by atoms with Crippen LogP contribution in [0, 0.1) is 10.8 Å². The van der Waals surface area contributed by atoms with E-state index in [1.807, 2.05) is 13.8 Å². The summed E-state index contributed by atoms with van der Waals surface area (Å²) in [7, 11) is 0. The minimum atomic E-state index is -0.670. The van der Waals surface area contributed by atoms with Gasteiger partial charge in [-0.25, -0.2) is 0 Å². The first-order valence-corrected chi connectivity index (χ1v) is 5.87. The molecule has 4 heteroatoms. The smallest absolute Gasteiger partial charge is 0.227 e. The van der Waals surface area contributed by atoms with Gasteiger partial charge in [0, 0.05) is 10.8 Å². The molecule has 0 bridgehead atoms. The van der Waals surface area contributed by atoms with Gasteiger partial charge >= 0.3 is 0 Å². The molecule has 2 unspecified atom stereocenters. The molecule has 0 aromatic carbocycles. The maximum Gasteiger partial charge on any atom is 0.227 e. The van der Waals surface area contributed by atoms with Gasteiger partial charge in [-0.3, -0.25) is 9.59 Å². The third kappa shape index (κ3) is 3.46. The summed E-state index contributed by atoms with van der Waals surface area (Å²) in [6.07, 6.45) is 1.61. The molecule has 0 aliphatic heterocycles. The van der Waals surface area contributed by atoms with Gasteiger partial charge in [0.15, 0.2) is 0 Å². The Morgan fingerprint density at radius 1 is 0.933 bits per heavy atom. The molecule has 88 valence electrons. The molecule has 0 aromatic rings. The molecule has 0 radical (unpaired) electrons. The van der Waals surface area contributed by atoms with Crippen LogP contribution in [0.5, 0.6) is 0 Å². The Kier molecular flexibility index (Phi) is 5.28. The largest absolute Gasteiger partial charge is 0.281 e. The lowest BCUT2D eigenvalue weighted by atomic mass is 9.71. The fourth-order valence-corrected chi connectivity index (χ4v) is 1.93. The normalized spacial score (nSPS) is 19.1. The van der Waals surface area contributed by atoms with Gasteiger partial charge in [-0.2, -0.15) is 0 Å². The Labute approximate surface area is 101 Å². The number of rotatable bonds is 6. The molecule has 0 aromatic heterocycles. The summed E-state index contributed by atoms with van der Waals surface area (Å²) >= 11 is 11.1. The number of hydrogen-bond donors (Lipinski definition) is 0. The van der Waals surface area contributed by atoms with Crippen molar-refractivity contribution < 1.29 is 9.59 Å². The van der Waals surface area contributed by atoms with E-state index in [0.717, 1.165) is 0 Å². The fraction of sp³-hybridized carbons (Fsp3) is 0.818. The van der Waals surface area contributed by atoms with Gasteiger partial charge in [0.1, 0.15) is 0 Å². The molecule has 0 fully saturated rings. The summed E-state index contributed by atoms with van der Waals surface area (Å²) in [4.78, 5) is 22.6. The Balaban J connectivity index is 4.95. The third-order valence-electron chi connectivity index (χ3n) is 3.29. The lowest BCUT2D eigenvalue weighted by molar-refractivity contribution is -0.126. The van der Waals surface area contributed by atoms with Crippen LogP contribution in [0.25, 0.3) is 0 Å². The second-order valence-corrected chi connectivity index (χ2v) is 5.24. The number of halogens is 2. The zero-order chi connectivity index (χ0) is 12.3. The van der Waals surface area contributed by atoms with Crippen LogP contribution in [-0.4, -0.2) is 10.5 Å². The van der Waals surface area contributed by atoms with Crippen LogP contribution >= 0.6 is 23.2 Å². The van der Waals surface area contributed by atoms with Crippen molar-refractivity contribution >= 4 is 33.7 Å². The van der Waals surface area contributed by atoms with Gasteiger partial charge in [-0.1, -0.05) is 27.7 Å². The number of carbonyl (C=O) groups excluding carboxylic acids is 2. The van der Waals surface area contributed by atoms with E-state index in [-0.39, 0.29) is 0 Å². The molecule has 0 saturated heterocycles. The monoisotopic (exact) mass is 252 g/mol. The minimum Gasteiger partial charge on any atom is -0.281 e. The van der Waals surface area contributed by atoms with Crippen molar-refractivity contribution in [2.24, 2.45) is 10.8 Å². The second-order valence-electron chi connectivity index (χ2n) is 4.55. The first-order valence-electron chi connectivity index (χ1n) is 5.11. The summed E-state index contributed by atoms with van der Waals surface area (Å²) in [6.45, 7) is 7.32. The van der Waals surface area contributed by atoms with Gasteiger partial charge in [0.2, 0.25) is 10.5 Å². The van der Waals surface area contributed by atoms with Gasteiger partial charge < -0.3 is 0 Å². The van der Waals surface area contributed by atoms with E-state index in [2.05, 4.69) is 0 Å². The molecule has 0 heterocycles. The van der Waals surface area contributed by atoms with Crippen molar-refractivity contribution in [1.29, 1.82) is 0 Å².